The summed E-state index contributed by atoms with van der Waals surface area (Å²) in [6.45, 7) is 7.54. The Labute approximate surface area is 286 Å². The van der Waals surface area contributed by atoms with Crippen molar-refractivity contribution in [2.24, 2.45) is 5.92 Å². The summed E-state index contributed by atoms with van der Waals surface area (Å²) < 4.78 is 47.6. The van der Waals surface area contributed by atoms with E-state index in [1.54, 1.807) is 26.1 Å². The number of aliphatic carboxylic acids is 2. The lowest BCUT2D eigenvalue weighted by molar-refractivity contribution is -0.253. The number of benzene rings is 1. The highest BCUT2D eigenvalue weighted by molar-refractivity contribution is 7.91. The number of nitrogens with one attached hydrogen (secondary N) is 2. The molecule has 6 atom stereocenters. The van der Waals surface area contributed by atoms with Gasteiger partial charge in [0.15, 0.2) is 16.1 Å². The molecule has 47 heavy (non-hydrogen) atoms. The van der Waals surface area contributed by atoms with Crippen LogP contribution in [0.2, 0.25) is 0 Å². The van der Waals surface area contributed by atoms with Crippen molar-refractivity contribution < 1.29 is 61.8 Å². The molecule has 1 heterocycles. The number of carboxylic acids is 2. The molecule has 18 heteroatoms. The normalized spacial score (nSPS) is 20.8. The molecule has 1 aromatic rings. The average molecular weight is 741 g/mol. The number of halogens is 1. The van der Waals surface area contributed by atoms with Crippen LogP contribution in [0.5, 0.6) is 0 Å². The van der Waals surface area contributed by atoms with Gasteiger partial charge in [-0.05, 0) is 51.1 Å². The third-order valence-electron chi connectivity index (χ3n) is 6.21. The van der Waals surface area contributed by atoms with E-state index in [1.165, 1.54) is 19.6 Å². The molecule has 0 spiro atoms. The van der Waals surface area contributed by atoms with Crippen LogP contribution >= 0.6 is 12.4 Å². The summed E-state index contributed by atoms with van der Waals surface area (Å²) in [6.07, 6.45) is 0.624. The zero-order chi connectivity index (χ0) is 36.7. The number of carbonyl (C=O) groups is 2. The third-order valence-corrected chi connectivity index (χ3v) is 8.29. The molecule has 1 aliphatic heterocycles. The maximum atomic E-state index is 11.0. The van der Waals surface area contributed by atoms with Crippen molar-refractivity contribution >= 4 is 44.0 Å². The Morgan fingerprint density at radius 1 is 0.936 bits per heavy atom. The van der Waals surface area contributed by atoms with Crippen LogP contribution in [0.15, 0.2) is 29.2 Å². The monoisotopic (exact) mass is 740 g/mol. The van der Waals surface area contributed by atoms with Gasteiger partial charge in [-0.15, -0.1) is 12.4 Å². The number of aryl methyl sites for hydroxylation is 1. The van der Waals surface area contributed by atoms with Gasteiger partial charge in [-0.1, -0.05) is 39.8 Å². The number of hydrogen-bond donors (Lipinski definition) is 8. The standard InChI is InChI=1S/C9H12O2S.C7H15NO5.C5H10O2.C4H11NO2S.C4H8O2.ClH/c1-3-8-4-6-9(7-5-8)12(2,10)11;1-8-4-6(11)5(10)3(2-9)13-7(4)12;1-3-4(2)5(6)7;1-5-3-4-8(2,6)7;1-2-3-4(5)6;/h4-7H,3H2,1-2H3;3-12H,2H2,1H3;4H,3H2,1-2H3,(H,6,7);5H,3-4H2,1-2H3;2-3H2,1H3,(H,5,6);1H. The minimum absolute atomic E-state index is 0. The van der Waals surface area contributed by atoms with E-state index < -0.39 is 68.9 Å². The van der Waals surface area contributed by atoms with Gasteiger partial charge in [-0.25, -0.2) is 16.8 Å². The van der Waals surface area contributed by atoms with E-state index in [4.69, 9.17) is 20.1 Å². The molecular weight excluding hydrogens is 684 g/mol. The molecule has 0 amide bonds. The Kier molecular flexibility index (Phi) is 30.9. The molecule has 0 bridgehead atoms. The molecule has 280 valence electrons. The first-order valence-electron chi connectivity index (χ1n) is 14.7. The molecule has 0 radical (unpaired) electrons. The van der Waals surface area contributed by atoms with Crippen molar-refractivity contribution in [3.8, 4) is 0 Å². The molecule has 2 rings (SSSR count). The first-order valence-corrected chi connectivity index (χ1v) is 18.7. The average Bonchev–Trinajstić information content (AvgIpc) is 2.98. The van der Waals surface area contributed by atoms with Gasteiger partial charge in [0.2, 0.25) is 0 Å². The number of aliphatic hydroxyl groups is 4. The highest BCUT2D eigenvalue weighted by Gasteiger charge is 2.42. The van der Waals surface area contributed by atoms with Crippen LogP contribution < -0.4 is 10.6 Å². The fourth-order valence-electron chi connectivity index (χ4n) is 3.06. The van der Waals surface area contributed by atoms with Gasteiger partial charge in [-0.3, -0.25) is 9.59 Å². The molecule has 1 aromatic carbocycles. The summed E-state index contributed by atoms with van der Waals surface area (Å²) in [6, 6.07) is 6.24. The maximum Gasteiger partial charge on any atom is 0.306 e. The summed E-state index contributed by atoms with van der Waals surface area (Å²) in [7, 11) is -2.52. The van der Waals surface area contributed by atoms with E-state index in [0.717, 1.165) is 24.8 Å². The van der Waals surface area contributed by atoms with Crippen molar-refractivity contribution in [2.75, 3.05) is 45.5 Å². The molecule has 1 fully saturated rings. The second-order valence-corrected chi connectivity index (χ2v) is 14.6. The number of ether oxygens (including phenoxy) is 1. The number of rotatable bonds is 11. The molecule has 1 saturated heterocycles. The maximum absolute atomic E-state index is 11.0. The topological polar surface area (TPSA) is 257 Å². The van der Waals surface area contributed by atoms with Crippen LogP contribution in [-0.4, -0.2) is 136 Å². The fraction of sp³-hybridized carbons (Fsp3) is 0.724. The van der Waals surface area contributed by atoms with Gasteiger partial charge < -0.3 is 46.0 Å². The lowest BCUT2D eigenvalue weighted by Crippen LogP contribution is -2.62. The molecule has 8 N–H and O–H groups in total. The van der Waals surface area contributed by atoms with Crippen molar-refractivity contribution in [1.29, 1.82) is 0 Å². The largest absolute Gasteiger partial charge is 0.481 e. The van der Waals surface area contributed by atoms with Crippen LogP contribution in [0.1, 0.15) is 52.5 Å². The predicted molar refractivity (Wildman–Crippen MR) is 182 cm³/mol. The Bertz CT molecular complexity index is 1170. The van der Waals surface area contributed by atoms with Crippen LogP contribution in [-0.2, 0) is 40.4 Å². The summed E-state index contributed by atoms with van der Waals surface area (Å²) in [5, 5.41) is 58.3. The molecule has 6 unspecified atom stereocenters. The minimum Gasteiger partial charge on any atom is -0.481 e. The van der Waals surface area contributed by atoms with E-state index in [-0.39, 0.29) is 24.1 Å². The highest BCUT2D eigenvalue weighted by Crippen LogP contribution is 2.19. The minimum atomic E-state index is -3.03. The highest BCUT2D eigenvalue weighted by atomic mass is 35.5. The van der Waals surface area contributed by atoms with Gasteiger partial charge in [-0.2, -0.15) is 0 Å². The van der Waals surface area contributed by atoms with E-state index in [2.05, 4.69) is 10.6 Å². The van der Waals surface area contributed by atoms with Gasteiger partial charge in [0.25, 0.3) is 0 Å². The van der Waals surface area contributed by atoms with Crippen LogP contribution in [0, 0.1) is 5.92 Å². The van der Waals surface area contributed by atoms with Gasteiger partial charge in [0.1, 0.15) is 28.1 Å². The third kappa shape index (κ3) is 26.7. The first-order chi connectivity index (χ1) is 21.2. The second-order valence-electron chi connectivity index (χ2n) is 10.3. The quantitative estimate of drug-likeness (QED) is 0.152. The number of carboxylic acid groups (broad SMARTS) is 2. The van der Waals surface area contributed by atoms with Crippen molar-refractivity contribution in [3.63, 3.8) is 0 Å². The number of hydrogen-bond acceptors (Lipinski definition) is 13. The lowest BCUT2D eigenvalue weighted by Gasteiger charge is -2.39. The molecule has 0 aromatic heterocycles. The van der Waals surface area contributed by atoms with Gasteiger partial charge in [0, 0.05) is 25.5 Å². The smallest absolute Gasteiger partial charge is 0.306 e. The summed E-state index contributed by atoms with van der Waals surface area (Å²) in [4.78, 5) is 19.9. The predicted octanol–water partition coefficient (Wildman–Crippen LogP) is 0.319. The Morgan fingerprint density at radius 2 is 1.45 bits per heavy atom. The second kappa shape index (κ2) is 28.0. The Hall–Kier alpha value is -1.93. The van der Waals surface area contributed by atoms with Gasteiger partial charge in [0.05, 0.1) is 29.2 Å². The van der Waals surface area contributed by atoms with Crippen molar-refractivity contribution in [2.45, 2.75) is 88.9 Å². The van der Waals surface area contributed by atoms with E-state index in [0.29, 0.717) is 17.9 Å². The van der Waals surface area contributed by atoms with Crippen LogP contribution in [0.4, 0.5) is 0 Å². The fourth-order valence-corrected chi connectivity index (χ4v) is 4.26. The molecule has 0 aliphatic carbocycles. The summed E-state index contributed by atoms with van der Waals surface area (Å²) >= 11 is 0. The molecular formula is C29H57ClN2O13S2. The van der Waals surface area contributed by atoms with E-state index >= 15 is 0 Å². The number of aliphatic hydroxyl groups excluding tert-OH is 4. The lowest BCUT2D eigenvalue weighted by atomic mass is 9.97. The Balaban J connectivity index is -0.000000253. The van der Waals surface area contributed by atoms with Crippen LogP contribution in [0.3, 0.4) is 0 Å². The number of sulfone groups is 2. The number of likely N-dealkylation sites (N-methyl/N-ethyl adjacent to an activating group) is 1. The molecule has 15 nitrogen and oxygen atoms in total. The summed E-state index contributed by atoms with van der Waals surface area (Å²) in [5.41, 5.74) is 1.16. The first kappa shape index (κ1) is 51.9. The zero-order valence-electron chi connectivity index (χ0n) is 28.5. The zero-order valence-corrected chi connectivity index (χ0v) is 30.9. The van der Waals surface area contributed by atoms with Crippen molar-refractivity contribution in [1.82, 2.24) is 10.6 Å². The van der Waals surface area contributed by atoms with E-state index in [1.807, 2.05) is 32.9 Å². The van der Waals surface area contributed by atoms with Crippen LogP contribution in [0.25, 0.3) is 0 Å². The Morgan fingerprint density at radius 3 is 1.68 bits per heavy atom. The van der Waals surface area contributed by atoms with Crippen molar-refractivity contribution in [3.05, 3.63) is 29.8 Å². The summed E-state index contributed by atoms with van der Waals surface area (Å²) in [5.74, 6) is -1.37. The van der Waals surface area contributed by atoms with Gasteiger partial charge >= 0.3 is 11.9 Å². The molecule has 1 aliphatic rings. The van der Waals surface area contributed by atoms with E-state index in [9.17, 15) is 41.7 Å². The SMILES string of the molecule is CCC(C)C(=O)O.CCCC(=O)O.CCc1ccc(S(C)(=O)=O)cc1.CNC1C(O)OC(CO)C(O)C1O.CNCCS(C)(=O)=O.Cl. The molecule has 0 saturated carbocycles.